The van der Waals surface area contributed by atoms with Crippen LogP contribution in [0.3, 0.4) is 0 Å². The first-order valence-corrected chi connectivity index (χ1v) is 7.72. The zero-order valence-corrected chi connectivity index (χ0v) is 14.1. The quantitative estimate of drug-likeness (QED) is 0.854. The molecule has 0 fully saturated rings. The van der Waals surface area contributed by atoms with Gasteiger partial charge in [0.1, 0.15) is 11.3 Å². The number of ether oxygens (including phenoxy) is 1. The van der Waals surface area contributed by atoms with Crippen molar-refractivity contribution in [1.29, 1.82) is 0 Å². The maximum atomic E-state index is 12.0. The summed E-state index contributed by atoms with van der Waals surface area (Å²) >= 11 is 0. The molecule has 1 amide bonds. The van der Waals surface area contributed by atoms with Gasteiger partial charge in [-0.05, 0) is 57.0 Å². The fourth-order valence-electron chi connectivity index (χ4n) is 1.98. The third kappa shape index (κ3) is 5.79. The van der Waals surface area contributed by atoms with Crippen LogP contribution in [0.15, 0.2) is 42.9 Å². The number of aryl methyl sites for hydroxylation is 1. The molecule has 0 unspecified atom stereocenters. The average Bonchev–Trinajstić information content (AvgIpc) is 2.52. The molecule has 24 heavy (non-hydrogen) atoms. The molecule has 2 heterocycles. The first-order chi connectivity index (χ1) is 11.3. The summed E-state index contributed by atoms with van der Waals surface area (Å²) in [6.07, 6.45) is 5.83. The highest BCUT2D eigenvalue weighted by Crippen LogP contribution is 2.14. The minimum Gasteiger partial charge on any atom is -0.455 e. The lowest BCUT2D eigenvalue weighted by atomic mass is 10.1. The number of hydrogen-bond acceptors (Lipinski definition) is 5. The summed E-state index contributed by atoms with van der Waals surface area (Å²) < 4.78 is 5.27. The van der Waals surface area contributed by atoms with Crippen LogP contribution in [-0.4, -0.2) is 27.4 Å². The minimum absolute atomic E-state index is 0.131. The van der Waals surface area contributed by atoms with Crippen LogP contribution in [0.2, 0.25) is 0 Å². The zero-order chi connectivity index (χ0) is 17.6. The minimum atomic E-state index is -0.595. The van der Waals surface area contributed by atoms with Crippen molar-refractivity contribution in [2.75, 3.05) is 5.32 Å². The van der Waals surface area contributed by atoms with E-state index in [1.165, 1.54) is 12.3 Å². The lowest BCUT2D eigenvalue weighted by Crippen LogP contribution is -2.24. The Morgan fingerprint density at radius 2 is 1.83 bits per heavy atom. The molecule has 0 aliphatic carbocycles. The Hall–Kier alpha value is -2.76. The maximum Gasteiger partial charge on any atom is 0.357 e. The first-order valence-electron chi connectivity index (χ1n) is 7.72. The predicted molar refractivity (Wildman–Crippen MR) is 90.6 cm³/mol. The Morgan fingerprint density at radius 1 is 1.12 bits per heavy atom. The van der Waals surface area contributed by atoms with E-state index in [0.29, 0.717) is 18.5 Å². The molecule has 0 bridgehead atoms. The summed E-state index contributed by atoms with van der Waals surface area (Å²) in [5, 5.41) is 2.77. The van der Waals surface area contributed by atoms with Gasteiger partial charge in [0.05, 0.1) is 0 Å². The van der Waals surface area contributed by atoms with Crippen molar-refractivity contribution in [2.45, 2.75) is 39.2 Å². The molecule has 2 aromatic heterocycles. The first kappa shape index (κ1) is 17.6. The SMILES string of the molecule is CC(C)(C)OC(=O)c1cc(NC(=O)CCc2ccncc2)ccn1. The van der Waals surface area contributed by atoms with Crippen molar-refractivity contribution in [1.82, 2.24) is 9.97 Å². The number of carbonyl (C=O) groups is 2. The lowest BCUT2D eigenvalue weighted by Gasteiger charge is -2.19. The maximum absolute atomic E-state index is 12.0. The summed E-state index contributed by atoms with van der Waals surface area (Å²) in [6, 6.07) is 6.90. The van der Waals surface area contributed by atoms with Gasteiger partial charge in [0.25, 0.3) is 0 Å². The molecular weight excluding hydrogens is 306 g/mol. The van der Waals surface area contributed by atoms with Crippen LogP contribution in [-0.2, 0) is 16.0 Å². The van der Waals surface area contributed by atoms with E-state index in [4.69, 9.17) is 4.74 Å². The third-order valence-corrected chi connectivity index (χ3v) is 3.04. The third-order valence-electron chi connectivity index (χ3n) is 3.04. The summed E-state index contributed by atoms with van der Waals surface area (Å²) in [4.78, 5) is 32.0. The molecule has 0 spiro atoms. The van der Waals surface area contributed by atoms with Crippen LogP contribution < -0.4 is 5.32 Å². The predicted octanol–water partition coefficient (Wildman–Crippen LogP) is 3.00. The molecule has 0 radical (unpaired) electrons. The molecule has 126 valence electrons. The summed E-state index contributed by atoms with van der Waals surface area (Å²) in [6.45, 7) is 5.36. The highest BCUT2D eigenvalue weighted by molar-refractivity contribution is 5.93. The molecule has 2 aromatic rings. The van der Waals surface area contributed by atoms with E-state index in [9.17, 15) is 9.59 Å². The van der Waals surface area contributed by atoms with Gasteiger partial charge in [-0.2, -0.15) is 0 Å². The number of aromatic nitrogens is 2. The number of pyridine rings is 2. The number of rotatable bonds is 5. The van der Waals surface area contributed by atoms with E-state index in [2.05, 4.69) is 15.3 Å². The van der Waals surface area contributed by atoms with Crippen LogP contribution in [0.25, 0.3) is 0 Å². The summed E-state index contributed by atoms with van der Waals surface area (Å²) in [7, 11) is 0. The zero-order valence-electron chi connectivity index (χ0n) is 14.1. The van der Waals surface area contributed by atoms with E-state index in [1.807, 2.05) is 12.1 Å². The number of nitrogens with zero attached hydrogens (tertiary/aromatic N) is 2. The van der Waals surface area contributed by atoms with E-state index >= 15 is 0 Å². The highest BCUT2D eigenvalue weighted by atomic mass is 16.6. The normalized spacial score (nSPS) is 11.0. The Bertz CT molecular complexity index is 709. The van der Waals surface area contributed by atoms with Crippen molar-refractivity contribution in [3.8, 4) is 0 Å². The standard InChI is InChI=1S/C18H21N3O3/c1-18(2,3)24-17(23)15-12-14(8-11-20-15)21-16(22)5-4-13-6-9-19-10-7-13/h6-12H,4-5H2,1-3H3,(H,20,21,22). The fourth-order valence-corrected chi connectivity index (χ4v) is 1.98. The van der Waals surface area contributed by atoms with Crippen molar-refractivity contribution >= 4 is 17.6 Å². The highest BCUT2D eigenvalue weighted by Gasteiger charge is 2.19. The monoisotopic (exact) mass is 327 g/mol. The van der Waals surface area contributed by atoms with Crippen LogP contribution in [0.4, 0.5) is 5.69 Å². The molecule has 6 nitrogen and oxygen atoms in total. The molecule has 0 aliphatic heterocycles. The Morgan fingerprint density at radius 3 is 2.50 bits per heavy atom. The van der Waals surface area contributed by atoms with Gasteiger partial charge in [0, 0.05) is 30.7 Å². The lowest BCUT2D eigenvalue weighted by molar-refractivity contribution is -0.116. The molecule has 1 N–H and O–H groups in total. The van der Waals surface area contributed by atoms with Crippen molar-refractivity contribution in [2.24, 2.45) is 0 Å². The number of hydrogen-bond donors (Lipinski definition) is 1. The van der Waals surface area contributed by atoms with Gasteiger partial charge in [0.15, 0.2) is 0 Å². The number of nitrogens with one attached hydrogen (secondary N) is 1. The van der Waals surface area contributed by atoms with Gasteiger partial charge < -0.3 is 10.1 Å². The molecule has 2 rings (SSSR count). The summed E-state index contributed by atoms with van der Waals surface area (Å²) in [5.74, 6) is -0.650. The molecule has 0 atom stereocenters. The van der Waals surface area contributed by atoms with Crippen molar-refractivity contribution in [3.63, 3.8) is 0 Å². The number of anilines is 1. The van der Waals surface area contributed by atoms with Gasteiger partial charge in [0.2, 0.25) is 5.91 Å². The topological polar surface area (TPSA) is 81.2 Å². The van der Waals surface area contributed by atoms with Crippen LogP contribution in [0.1, 0.15) is 43.2 Å². The molecule has 0 saturated heterocycles. The van der Waals surface area contributed by atoms with Gasteiger partial charge >= 0.3 is 5.97 Å². The van der Waals surface area contributed by atoms with E-state index in [1.54, 1.807) is 39.2 Å². The second-order valence-electron chi connectivity index (χ2n) is 6.34. The number of esters is 1. The smallest absolute Gasteiger partial charge is 0.357 e. The Labute approximate surface area is 141 Å². The second kappa shape index (κ2) is 7.68. The second-order valence-corrected chi connectivity index (χ2v) is 6.34. The van der Waals surface area contributed by atoms with Gasteiger partial charge in [-0.15, -0.1) is 0 Å². The fraction of sp³-hybridized carbons (Fsp3) is 0.333. The molecule has 0 saturated carbocycles. The summed E-state index contributed by atoms with van der Waals surface area (Å²) in [5.41, 5.74) is 1.13. The molecule has 0 aromatic carbocycles. The average molecular weight is 327 g/mol. The van der Waals surface area contributed by atoms with Gasteiger partial charge in [-0.1, -0.05) is 0 Å². The van der Waals surface area contributed by atoms with Crippen LogP contribution in [0.5, 0.6) is 0 Å². The van der Waals surface area contributed by atoms with Crippen molar-refractivity contribution < 1.29 is 14.3 Å². The number of amides is 1. The van der Waals surface area contributed by atoms with Crippen LogP contribution >= 0.6 is 0 Å². The van der Waals surface area contributed by atoms with Crippen LogP contribution in [0, 0.1) is 0 Å². The van der Waals surface area contributed by atoms with Gasteiger partial charge in [-0.25, -0.2) is 9.78 Å². The molecule has 0 aliphatic rings. The van der Waals surface area contributed by atoms with Gasteiger partial charge in [-0.3, -0.25) is 9.78 Å². The van der Waals surface area contributed by atoms with Crippen molar-refractivity contribution in [3.05, 3.63) is 54.1 Å². The van der Waals surface area contributed by atoms with E-state index in [-0.39, 0.29) is 11.6 Å². The molecular formula is C18H21N3O3. The Balaban J connectivity index is 1.94. The van der Waals surface area contributed by atoms with E-state index < -0.39 is 11.6 Å². The largest absolute Gasteiger partial charge is 0.455 e. The molecule has 6 heteroatoms. The van der Waals surface area contributed by atoms with E-state index in [0.717, 1.165) is 5.56 Å². The number of carbonyl (C=O) groups excluding carboxylic acids is 2. The Kier molecular flexibility index (Phi) is 5.63.